The van der Waals surface area contributed by atoms with Crippen molar-refractivity contribution >= 4 is 47.8 Å². The summed E-state index contributed by atoms with van der Waals surface area (Å²) in [5.74, 6) is -0.265. The molecule has 7 heteroatoms. The quantitative estimate of drug-likeness (QED) is 0.772. The van der Waals surface area contributed by atoms with E-state index in [1.165, 1.54) is 6.07 Å². The van der Waals surface area contributed by atoms with Gasteiger partial charge in [-0.15, -0.1) is 0 Å². The molecule has 0 spiro atoms. The van der Waals surface area contributed by atoms with Crippen molar-refractivity contribution < 1.29 is 13.2 Å². The number of hydrogen-bond acceptors (Lipinski definition) is 3. The normalized spacial score (nSPS) is 20.5. The van der Waals surface area contributed by atoms with Crippen molar-refractivity contribution in [3.63, 3.8) is 0 Å². The Morgan fingerprint density at radius 1 is 1.33 bits per heavy atom. The van der Waals surface area contributed by atoms with Crippen LogP contribution in [0.5, 0.6) is 0 Å². The average molecular weight is 397 g/mol. The molecule has 1 amide bonds. The SMILES string of the molecule is CC1CC(=O)N(S(=O)(=O)c2ccc(Br)cc2Br)C1. The number of halogens is 2. The van der Waals surface area contributed by atoms with E-state index in [0.29, 0.717) is 4.47 Å². The third-order valence-corrected chi connectivity index (χ3v) is 6.00. The second kappa shape index (κ2) is 4.94. The molecule has 1 unspecified atom stereocenters. The van der Waals surface area contributed by atoms with Crippen molar-refractivity contribution in [3.05, 3.63) is 27.1 Å². The van der Waals surface area contributed by atoms with Crippen LogP contribution in [0.25, 0.3) is 0 Å². The van der Waals surface area contributed by atoms with Crippen LogP contribution in [-0.4, -0.2) is 25.2 Å². The van der Waals surface area contributed by atoms with E-state index in [2.05, 4.69) is 31.9 Å². The maximum atomic E-state index is 12.4. The van der Waals surface area contributed by atoms with Gasteiger partial charge in [0, 0.05) is 21.9 Å². The minimum absolute atomic E-state index is 0.0708. The zero-order valence-corrected chi connectivity index (χ0v) is 13.5. The number of sulfonamides is 1. The molecule has 4 nitrogen and oxygen atoms in total. The lowest BCUT2D eigenvalue weighted by atomic mass is 10.2. The Labute approximate surface area is 123 Å². The van der Waals surface area contributed by atoms with E-state index in [9.17, 15) is 13.2 Å². The van der Waals surface area contributed by atoms with Gasteiger partial charge in [0.1, 0.15) is 4.90 Å². The molecule has 1 aliphatic heterocycles. The number of carbonyl (C=O) groups is 1. The van der Waals surface area contributed by atoms with Gasteiger partial charge in [0.15, 0.2) is 0 Å². The van der Waals surface area contributed by atoms with E-state index in [-0.39, 0.29) is 29.7 Å². The van der Waals surface area contributed by atoms with E-state index in [1.54, 1.807) is 12.1 Å². The lowest BCUT2D eigenvalue weighted by Crippen LogP contribution is -2.32. The van der Waals surface area contributed by atoms with E-state index in [1.807, 2.05) is 6.92 Å². The van der Waals surface area contributed by atoms with Crippen molar-refractivity contribution in [1.29, 1.82) is 0 Å². The fraction of sp³-hybridized carbons (Fsp3) is 0.364. The highest BCUT2D eigenvalue weighted by Gasteiger charge is 2.37. The number of carbonyl (C=O) groups excluding carboxylic acids is 1. The summed E-state index contributed by atoms with van der Waals surface area (Å²) in [6.07, 6.45) is 0.285. The van der Waals surface area contributed by atoms with Gasteiger partial charge in [-0.3, -0.25) is 4.79 Å². The van der Waals surface area contributed by atoms with Gasteiger partial charge in [-0.1, -0.05) is 22.9 Å². The van der Waals surface area contributed by atoms with Gasteiger partial charge in [0.05, 0.1) is 0 Å². The minimum Gasteiger partial charge on any atom is -0.274 e. The second-order valence-electron chi connectivity index (χ2n) is 4.31. The van der Waals surface area contributed by atoms with Crippen LogP contribution in [0.2, 0.25) is 0 Å². The molecule has 1 heterocycles. The van der Waals surface area contributed by atoms with Gasteiger partial charge in [0.25, 0.3) is 10.0 Å². The van der Waals surface area contributed by atoms with Crippen LogP contribution in [-0.2, 0) is 14.8 Å². The van der Waals surface area contributed by atoms with Crippen molar-refractivity contribution in [2.75, 3.05) is 6.54 Å². The number of amides is 1. The number of hydrogen-bond donors (Lipinski definition) is 0. The van der Waals surface area contributed by atoms with Gasteiger partial charge in [-0.05, 0) is 40.0 Å². The van der Waals surface area contributed by atoms with Crippen molar-refractivity contribution in [2.24, 2.45) is 5.92 Å². The lowest BCUT2D eigenvalue weighted by molar-refractivity contribution is -0.123. The van der Waals surface area contributed by atoms with Gasteiger partial charge < -0.3 is 0 Å². The molecule has 0 bridgehead atoms. The molecule has 0 aromatic heterocycles. The Kier molecular flexibility index (Phi) is 3.85. The summed E-state index contributed by atoms with van der Waals surface area (Å²) in [5, 5.41) is 0. The molecular formula is C11H11Br2NO3S. The summed E-state index contributed by atoms with van der Waals surface area (Å²) >= 11 is 6.48. The Bertz CT molecular complexity index is 600. The molecule has 98 valence electrons. The summed E-state index contributed by atoms with van der Waals surface area (Å²) in [6, 6.07) is 4.78. The van der Waals surface area contributed by atoms with Crippen LogP contribution in [0.4, 0.5) is 0 Å². The molecule has 0 saturated carbocycles. The summed E-state index contributed by atoms with van der Waals surface area (Å²) in [6.45, 7) is 2.12. The summed E-state index contributed by atoms with van der Waals surface area (Å²) in [7, 11) is -3.75. The van der Waals surface area contributed by atoms with Crippen LogP contribution >= 0.6 is 31.9 Å². The van der Waals surface area contributed by atoms with Gasteiger partial charge >= 0.3 is 0 Å². The third-order valence-electron chi connectivity index (χ3n) is 2.74. The van der Waals surface area contributed by atoms with Crippen LogP contribution < -0.4 is 0 Å². The Morgan fingerprint density at radius 3 is 2.50 bits per heavy atom. The van der Waals surface area contributed by atoms with Crippen LogP contribution in [0.1, 0.15) is 13.3 Å². The number of nitrogens with zero attached hydrogens (tertiary/aromatic N) is 1. The fourth-order valence-electron chi connectivity index (χ4n) is 1.88. The molecule has 1 aromatic carbocycles. The van der Waals surface area contributed by atoms with E-state index >= 15 is 0 Å². The van der Waals surface area contributed by atoms with E-state index in [0.717, 1.165) is 8.78 Å². The lowest BCUT2D eigenvalue weighted by Gasteiger charge is -2.17. The predicted molar refractivity (Wildman–Crippen MR) is 74.5 cm³/mol. The maximum absolute atomic E-state index is 12.4. The Morgan fingerprint density at radius 2 is 2.00 bits per heavy atom. The first-order chi connectivity index (χ1) is 8.32. The first-order valence-corrected chi connectivity index (χ1v) is 8.35. The number of benzene rings is 1. The van der Waals surface area contributed by atoms with Crippen molar-refractivity contribution in [1.82, 2.24) is 4.31 Å². The minimum atomic E-state index is -3.75. The molecule has 2 rings (SSSR count). The molecule has 18 heavy (non-hydrogen) atoms. The molecule has 0 radical (unpaired) electrons. The highest BCUT2D eigenvalue weighted by molar-refractivity contribution is 9.11. The van der Waals surface area contributed by atoms with Gasteiger partial charge in [-0.25, -0.2) is 12.7 Å². The van der Waals surface area contributed by atoms with E-state index < -0.39 is 10.0 Å². The Balaban J connectivity index is 2.46. The third kappa shape index (κ3) is 2.48. The molecule has 1 aromatic rings. The van der Waals surface area contributed by atoms with E-state index in [4.69, 9.17) is 0 Å². The maximum Gasteiger partial charge on any atom is 0.267 e. The first-order valence-electron chi connectivity index (χ1n) is 5.33. The molecule has 0 N–H and O–H groups in total. The standard InChI is InChI=1S/C11H11Br2NO3S/c1-7-4-11(15)14(6-7)18(16,17)10-3-2-8(12)5-9(10)13/h2-3,5,7H,4,6H2,1H3. The van der Waals surface area contributed by atoms with Gasteiger partial charge in [0.2, 0.25) is 5.91 Å². The summed E-state index contributed by atoms with van der Waals surface area (Å²) in [5.41, 5.74) is 0. The monoisotopic (exact) mass is 395 g/mol. The molecule has 1 fully saturated rings. The fourth-order valence-corrected chi connectivity index (χ4v) is 5.12. The van der Waals surface area contributed by atoms with Crippen molar-refractivity contribution in [2.45, 2.75) is 18.2 Å². The summed E-state index contributed by atoms with van der Waals surface area (Å²) in [4.78, 5) is 11.8. The molecule has 1 saturated heterocycles. The largest absolute Gasteiger partial charge is 0.274 e. The smallest absolute Gasteiger partial charge is 0.267 e. The Hall–Kier alpha value is -0.400. The molecule has 1 aliphatic rings. The predicted octanol–water partition coefficient (Wildman–Crippen LogP) is 2.77. The highest BCUT2D eigenvalue weighted by Crippen LogP contribution is 2.31. The highest BCUT2D eigenvalue weighted by atomic mass is 79.9. The van der Waals surface area contributed by atoms with Crippen LogP contribution in [0, 0.1) is 5.92 Å². The number of rotatable bonds is 2. The van der Waals surface area contributed by atoms with Gasteiger partial charge in [-0.2, -0.15) is 0 Å². The average Bonchev–Trinajstić information content (AvgIpc) is 2.57. The molecular weight excluding hydrogens is 386 g/mol. The van der Waals surface area contributed by atoms with Crippen LogP contribution in [0.15, 0.2) is 32.0 Å². The molecule has 0 aliphatic carbocycles. The van der Waals surface area contributed by atoms with Crippen molar-refractivity contribution in [3.8, 4) is 0 Å². The van der Waals surface area contributed by atoms with Crippen LogP contribution in [0.3, 0.4) is 0 Å². The topological polar surface area (TPSA) is 54.5 Å². The summed E-state index contributed by atoms with van der Waals surface area (Å²) < 4.78 is 26.9. The first kappa shape index (κ1) is 14.0. The second-order valence-corrected chi connectivity index (χ2v) is 7.91. The molecule has 1 atom stereocenters. The zero-order chi connectivity index (χ0) is 13.5. The zero-order valence-electron chi connectivity index (χ0n) is 9.56.